The number of benzene rings is 1. The zero-order valence-corrected chi connectivity index (χ0v) is 18.2. The molecule has 1 heterocycles. The molecule has 158 valence electrons. The number of carbonyl (C=O) groups excluding carboxylic acids is 1. The first kappa shape index (κ1) is 22.2. The number of likely N-dealkylation sites (N-methyl/N-ethyl adjacent to an activating group) is 1. The van der Waals surface area contributed by atoms with Crippen molar-refractivity contribution in [3.8, 4) is 6.07 Å². The number of halogens is 1. The molecule has 0 radical (unpaired) electrons. The van der Waals surface area contributed by atoms with Gasteiger partial charge in [0, 0.05) is 23.8 Å². The van der Waals surface area contributed by atoms with E-state index in [0.29, 0.717) is 16.4 Å². The van der Waals surface area contributed by atoms with Crippen molar-refractivity contribution >= 4 is 23.2 Å². The third-order valence-electron chi connectivity index (χ3n) is 5.56. The van der Waals surface area contributed by atoms with Crippen LogP contribution in [0, 0.1) is 17.2 Å². The lowest BCUT2D eigenvalue weighted by Gasteiger charge is -2.27. The van der Waals surface area contributed by atoms with Crippen LogP contribution >= 0.6 is 11.6 Å². The molecule has 2 aromatic rings. The fraction of sp³-hybridized carbons (Fsp3) is 0.478. The molecule has 1 aliphatic rings. The number of amides is 1. The number of nitrogens with zero attached hydrogens (tertiary/aromatic N) is 4. The summed E-state index contributed by atoms with van der Waals surface area (Å²) in [6.45, 7) is 2.13. The summed E-state index contributed by atoms with van der Waals surface area (Å²) in [5, 5.41) is 12.3. The molecule has 0 unspecified atom stereocenters. The third kappa shape index (κ3) is 6.79. The van der Waals surface area contributed by atoms with Crippen LogP contribution in [0.15, 0.2) is 30.6 Å². The Morgan fingerprint density at radius 3 is 2.73 bits per heavy atom. The summed E-state index contributed by atoms with van der Waals surface area (Å²) in [5.74, 6) is 0.627. The van der Waals surface area contributed by atoms with Gasteiger partial charge in [-0.2, -0.15) is 5.26 Å². The highest BCUT2D eigenvalue weighted by atomic mass is 35.5. The van der Waals surface area contributed by atoms with Crippen molar-refractivity contribution in [3.63, 3.8) is 0 Å². The summed E-state index contributed by atoms with van der Waals surface area (Å²) in [5.41, 5.74) is 2.48. The van der Waals surface area contributed by atoms with Crippen LogP contribution in [0.5, 0.6) is 0 Å². The molecule has 1 aromatic carbocycles. The molecule has 1 N–H and O–H groups in total. The molecule has 0 saturated heterocycles. The first-order valence-electron chi connectivity index (χ1n) is 10.5. The van der Waals surface area contributed by atoms with E-state index in [-0.39, 0.29) is 18.0 Å². The number of rotatable bonds is 8. The molecule has 0 spiro atoms. The Hall–Kier alpha value is -2.49. The lowest BCUT2D eigenvalue weighted by molar-refractivity contribution is -0.115. The van der Waals surface area contributed by atoms with Crippen LogP contribution in [0.1, 0.15) is 49.1 Å². The highest BCUT2D eigenvalue weighted by molar-refractivity contribution is 6.31. The van der Waals surface area contributed by atoms with E-state index in [9.17, 15) is 4.79 Å². The van der Waals surface area contributed by atoms with Gasteiger partial charge in [-0.3, -0.25) is 9.78 Å². The van der Waals surface area contributed by atoms with E-state index in [1.54, 1.807) is 6.07 Å². The molecule has 7 heteroatoms. The highest BCUT2D eigenvalue weighted by Gasteiger charge is 2.15. The molecule has 1 fully saturated rings. The Labute approximate surface area is 183 Å². The van der Waals surface area contributed by atoms with E-state index < -0.39 is 0 Å². The Morgan fingerprint density at radius 2 is 2.07 bits per heavy atom. The van der Waals surface area contributed by atoms with Crippen LogP contribution in [0.3, 0.4) is 0 Å². The molecule has 1 saturated carbocycles. The zero-order valence-electron chi connectivity index (χ0n) is 17.4. The number of hydrogen-bond donors (Lipinski definition) is 1. The first-order chi connectivity index (χ1) is 14.5. The quantitative estimate of drug-likeness (QED) is 0.684. The smallest absolute Gasteiger partial charge is 0.230 e. The summed E-state index contributed by atoms with van der Waals surface area (Å²) < 4.78 is 0. The fourth-order valence-corrected chi connectivity index (χ4v) is 4.19. The van der Waals surface area contributed by atoms with Crippen LogP contribution in [-0.4, -0.2) is 40.9 Å². The van der Waals surface area contributed by atoms with E-state index in [1.165, 1.54) is 44.5 Å². The second-order valence-corrected chi connectivity index (χ2v) is 8.46. The molecule has 0 aliphatic heterocycles. The second kappa shape index (κ2) is 11.1. The predicted molar refractivity (Wildman–Crippen MR) is 118 cm³/mol. The van der Waals surface area contributed by atoms with Gasteiger partial charge < -0.3 is 10.2 Å². The predicted octanol–water partition coefficient (Wildman–Crippen LogP) is 4.24. The van der Waals surface area contributed by atoms with Crippen molar-refractivity contribution < 1.29 is 4.79 Å². The monoisotopic (exact) mass is 425 g/mol. The number of carbonyl (C=O) groups is 1. The van der Waals surface area contributed by atoms with Gasteiger partial charge in [-0.25, -0.2) is 4.98 Å². The van der Waals surface area contributed by atoms with Gasteiger partial charge in [0.1, 0.15) is 6.07 Å². The minimum Gasteiger partial charge on any atom is -0.326 e. The molecule has 0 atom stereocenters. The molecule has 3 rings (SSSR count). The minimum atomic E-state index is -0.204. The van der Waals surface area contributed by atoms with E-state index in [1.807, 2.05) is 18.2 Å². The SMILES string of the molecule is CN(CCc1ccc(NC(=O)Cc2cnc(C#N)cn2)cc1Cl)CC1CCCCC1. The van der Waals surface area contributed by atoms with Crippen molar-refractivity contribution in [2.24, 2.45) is 5.92 Å². The molecule has 1 amide bonds. The summed E-state index contributed by atoms with van der Waals surface area (Å²) in [4.78, 5) is 22.6. The number of aromatic nitrogens is 2. The minimum absolute atomic E-state index is 0.0873. The summed E-state index contributed by atoms with van der Waals surface area (Å²) in [6.07, 6.45) is 10.6. The molecular formula is C23H28ClN5O. The summed E-state index contributed by atoms with van der Waals surface area (Å²) >= 11 is 6.46. The Balaban J connectivity index is 1.47. The Kier molecular flexibility index (Phi) is 8.18. The molecule has 30 heavy (non-hydrogen) atoms. The Morgan fingerprint density at radius 1 is 1.27 bits per heavy atom. The van der Waals surface area contributed by atoms with Crippen molar-refractivity contribution in [1.29, 1.82) is 5.26 Å². The van der Waals surface area contributed by atoms with Crippen LogP contribution in [-0.2, 0) is 17.6 Å². The maximum absolute atomic E-state index is 12.2. The average molecular weight is 426 g/mol. The van der Waals surface area contributed by atoms with Gasteiger partial charge in [0.25, 0.3) is 0 Å². The van der Waals surface area contributed by atoms with Gasteiger partial charge >= 0.3 is 0 Å². The zero-order chi connectivity index (χ0) is 21.3. The molecule has 0 bridgehead atoms. The average Bonchev–Trinajstić information content (AvgIpc) is 2.74. The largest absolute Gasteiger partial charge is 0.326 e. The van der Waals surface area contributed by atoms with Crippen LogP contribution < -0.4 is 5.32 Å². The van der Waals surface area contributed by atoms with Crippen LogP contribution in [0.2, 0.25) is 5.02 Å². The van der Waals surface area contributed by atoms with Crippen molar-refractivity contribution in [3.05, 3.63) is 52.6 Å². The van der Waals surface area contributed by atoms with Crippen molar-refractivity contribution in [1.82, 2.24) is 14.9 Å². The molecular weight excluding hydrogens is 398 g/mol. The Bertz CT molecular complexity index is 887. The maximum Gasteiger partial charge on any atom is 0.230 e. The number of nitrogens with one attached hydrogen (secondary N) is 1. The van der Waals surface area contributed by atoms with Crippen molar-refractivity contribution in [2.75, 3.05) is 25.5 Å². The lowest BCUT2D eigenvalue weighted by Crippen LogP contribution is -2.28. The van der Waals surface area contributed by atoms with Gasteiger partial charge in [-0.15, -0.1) is 0 Å². The number of anilines is 1. The first-order valence-corrected chi connectivity index (χ1v) is 10.9. The third-order valence-corrected chi connectivity index (χ3v) is 5.91. The van der Waals surface area contributed by atoms with Gasteiger partial charge in [-0.1, -0.05) is 36.9 Å². The second-order valence-electron chi connectivity index (χ2n) is 8.05. The van der Waals surface area contributed by atoms with Gasteiger partial charge in [-0.05, 0) is 49.9 Å². The normalized spacial score (nSPS) is 14.5. The van der Waals surface area contributed by atoms with Gasteiger partial charge in [0.15, 0.2) is 5.69 Å². The van der Waals surface area contributed by atoms with Gasteiger partial charge in [0.05, 0.1) is 24.5 Å². The van der Waals surface area contributed by atoms with Crippen LogP contribution in [0.25, 0.3) is 0 Å². The van der Waals surface area contributed by atoms with E-state index in [2.05, 4.69) is 27.2 Å². The van der Waals surface area contributed by atoms with Crippen molar-refractivity contribution in [2.45, 2.75) is 44.9 Å². The lowest BCUT2D eigenvalue weighted by atomic mass is 9.89. The van der Waals surface area contributed by atoms with Gasteiger partial charge in [0.2, 0.25) is 5.91 Å². The summed E-state index contributed by atoms with van der Waals surface area (Å²) in [6, 6.07) is 7.56. The topological polar surface area (TPSA) is 81.9 Å². The standard InChI is InChI=1S/C23H28ClN5O/c1-29(16-17-5-3-2-4-6-17)10-9-18-7-8-19(11-22(18)24)28-23(30)12-20-14-27-21(13-25)15-26-20/h7-8,11,14-15,17H,2-6,9-10,12,16H2,1H3,(H,28,30). The number of hydrogen-bond acceptors (Lipinski definition) is 5. The fourth-order valence-electron chi connectivity index (χ4n) is 3.91. The van der Waals surface area contributed by atoms with Crippen LogP contribution in [0.4, 0.5) is 5.69 Å². The van der Waals surface area contributed by atoms with E-state index in [0.717, 1.165) is 31.0 Å². The highest BCUT2D eigenvalue weighted by Crippen LogP contribution is 2.25. The van der Waals surface area contributed by atoms with E-state index in [4.69, 9.17) is 16.9 Å². The molecule has 6 nitrogen and oxygen atoms in total. The number of nitriles is 1. The summed E-state index contributed by atoms with van der Waals surface area (Å²) in [7, 11) is 2.18. The maximum atomic E-state index is 12.2. The molecule has 1 aliphatic carbocycles. The van der Waals surface area contributed by atoms with E-state index >= 15 is 0 Å². The molecule has 1 aromatic heterocycles.